The lowest BCUT2D eigenvalue weighted by Crippen LogP contribution is -2.70. The second-order valence-corrected chi connectivity index (χ2v) is 17.1. The van der Waals surface area contributed by atoms with Gasteiger partial charge >= 0.3 is 7.67 Å². The highest BCUT2D eigenvalue weighted by Crippen LogP contribution is 2.63. The van der Waals surface area contributed by atoms with E-state index in [2.05, 4.69) is 124 Å². The summed E-state index contributed by atoms with van der Waals surface area (Å²) in [5.74, 6) is 0. The van der Waals surface area contributed by atoms with Crippen LogP contribution in [0.5, 0.6) is 0 Å². The quantitative estimate of drug-likeness (QED) is 0.264. The first kappa shape index (κ1) is 26.1. The monoisotopic (exact) mass is 506 g/mol. The summed E-state index contributed by atoms with van der Waals surface area (Å²) in [7, 11) is -6.64. The Balaban J connectivity index is 2.05. The molecule has 0 unspecified atom stereocenters. The van der Waals surface area contributed by atoms with E-state index in [9.17, 15) is 0 Å². The van der Waals surface area contributed by atoms with E-state index in [1.54, 1.807) is 0 Å². The normalized spacial score (nSPS) is 17.9. The topological polar surface area (TPSA) is 32.8 Å². The Labute approximate surface area is 212 Å². The van der Waals surface area contributed by atoms with Gasteiger partial charge in [-0.3, -0.25) is 4.57 Å². The molecule has 4 rings (SSSR count). The van der Waals surface area contributed by atoms with Crippen molar-refractivity contribution in [3.05, 3.63) is 91.0 Å². The number of hydrogen-bond donors (Lipinski definition) is 0. The smallest absolute Gasteiger partial charge is 0.333 e. The van der Waals surface area contributed by atoms with E-state index in [0.29, 0.717) is 0 Å². The molecule has 0 N–H and O–H groups in total. The van der Waals surface area contributed by atoms with Gasteiger partial charge in [0.1, 0.15) is 0 Å². The summed E-state index contributed by atoms with van der Waals surface area (Å²) in [5, 5.41) is 3.29. The predicted molar refractivity (Wildman–Crippen MR) is 150 cm³/mol. The van der Waals surface area contributed by atoms with Crippen LogP contribution < -0.4 is 15.6 Å². The lowest BCUT2D eigenvalue weighted by atomic mass is 10.1. The van der Waals surface area contributed by atoms with E-state index in [1.807, 2.05) is 18.2 Å². The van der Waals surface area contributed by atoms with E-state index in [-0.39, 0.29) is 11.1 Å². The zero-order valence-electron chi connectivity index (χ0n) is 21.9. The van der Waals surface area contributed by atoms with Crippen LogP contribution in [0.25, 0.3) is 0 Å². The van der Waals surface area contributed by atoms with Crippen molar-refractivity contribution in [2.45, 2.75) is 59.0 Å². The van der Waals surface area contributed by atoms with Gasteiger partial charge in [0, 0.05) is 24.2 Å². The first-order chi connectivity index (χ1) is 16.5. The second-order valence-electron chi connectivity index (χ2n) is 11.3. The highest BCUT2D eigenvalue weighted by Gasteiger charge is 2.56. The fourth-order valence-corrected chi connectivity index (χ4v) is 14.2. The van der Waals surface area contributed by atoms with Gasteiger partial charge in [-0.2, -0.15) is 0 Å². The Morgan fingerprint density at radius 1 is 0.629 bits per heavy atom. The van der Waals surface area contributed by atoms with Crippen LogP contribution in [0.1, 0.15) is 48.0 Å². The van der Waals surface area contributed by atoms with Crippen LogP contribution in [-0.2, 0) is 8.78 Å². The van der Waals surface area contributed by atoms with E-state index in [1.165, 1.54) is 0 Å². The van der Waals surface area contributed by atoms with Crippen LogP contribution in [0.15, 0.2) is 91.0 Å². The van der Waals surface area contributed by atoms with Gasteiger partial charge in [-0.15, -0.1) is 0 Å². The molecule has 186 valence electrons. The summed E-state index contributed by atoms with van der Waals surface area (Å²) < 4.78 is 27.3. The molecule has 1 aliphatic rings. The fourth-order valence-electron chi connectivity index (χ4n) is 5.14. The minimum Gasteiger partial charge on any atom is -0.333 e. The van der Waals surface area contributed by atoms with Crippen molar-refractivity contribution in [2.75, 3.05) is 13.1 Å². The first-order valence-electron chi connectivity index (χ1n) is 12.5. The maximum atomic E-state index is 15.6. The average molecular weight is 507 g/mol. The van der Waals surface area contributed by atoms with Crippen LogP contribution in [0.4, 0.5) is 0 Å². The molecule has 0 bridgehead atoms. The van der Waals surface area contributed by atoms with Crippen molar-refractivity contribution < 1.29 is 8.78 Å². The highest BCUT2D eigenvalue weighted by molar-refractivity contribution is 7.56. The van der Waals surface area contributed by atoms with E-state index >= 15 is 4.57 Å². The predicted octanol–water partition coefficient (Wildman–Crippen LogP) is 5.38. The minimum absolute atomic E-state index is 0.316. The van der Waals surface area contributed by atoms with Gasteiger partial charge in [-0.1, -0.05) is 91.0 Å². The van der Waals surface area contributed by atoms with Crippen molar-refractivity contribution in [2.24, 2.45) is 0 Å². The zero-order chi connectivity index (χ0) is 25.3. The third-order valence-corrected chi connectivity index (χ3v) is 15.0. The van der Waals surface area contributed by atoms with Crippen molar-refractivity contribution >= 4 is 31.5 Å². The lowest BCUT2D eigenvalue weighted by molar-refractivity contribution is 0.117. The van der Waals surface area contributed by atoms with Gasteiger partial charge in [0.05, 0.1) is 0 Å². The summed E-state index contributed by atoms with van der Waals surface area (Å²) in [6.45, 7) is 14.4. The fraction of sp³-hybridized carbons (Fsp3) is 0.379. The summed E-state index contributed by atoms with van der Waals surface area (Å²) in [4.78, 5) is 0. The molecule has 1 fully saturated rings. The van der Waals surface area contributed by atoms with Crippen LogP contribution in [0.3, 0.4) is 0 Å². The Morgan fingerprint density at radius 3 is 1.23 bits per heavy atom. The van der Waals surface area contributed by atoms with E-state index < -0.39 is 16.0 Å². The lowest BCUT2D eigenvalue weighted by Gasteiger charge is -2.54. The molecular formula is C29H39N2O2PSi. The van der Waals surface area contributed by atoms with Crippen molar-refractivity contribution in [3.8, 4) is 0 Å². The van der Waals surface area contributed by atoms with Gasteiger partial charge in [0.2, 0.25) is 0 Å². The number of rotatable bonds is 5. The Bertz CT molecular complexity index is 1040. The molecule has 3 aromatic rings. The highest BCUT2D eigenvalue weighted by atomic mass is 31.2. The third-order valence-electron chi connectivity index (χ3n) is 6.70. The van der Waals surface area contributed by atoms with Crippen molar-refractivity contribution in [3.63, 3.8) is 0 Å². The first-order valence-corrected chi connectivity index (χ1v) is 16.0. The summed E-state index contributed by atoms with van der Waals surface area (Å²) in [6, 6.07) is 31.3. The van der Waals surface area contributed by atoms with E-state index in [4.69, 9.17) is 4.21 Å². The van der Waals surface area contributed by atoms with Crippen LogP contribution in [0.2, 0.25) is 0 Å². The molecule has 35 heavy (non-hydrogen) atoms. The molecule has 1 heterocycles. The van der Waals surface area contributed by atoms with E-state index in [0.717, 1.165) is 35.1 Å². The van der Waals surface area contributed by atoms with Gasteiger partial charge in [-0.05, 0) is 63.5 Å². The van der Waals surface area contributed by atoms with Crippen molar-refractivity contribution in [1.29, 1.82) is 0 Å². The molecule has 0 amide bonds. The largest absolute Gasteiger partial charge is 0.338 e. The maximum Gasteiger partial charge on any atom is 0.338 e. The molecule has 0 aliphatic carbocycles. The van der Waals surface area contributed by atoms with Gasteiger partial charge in [0.25, 0.3) is 8.32 Å². The molecule has 4 nitrogen and oxygen atoms in total. The summed E-state index contributed by atoms with van der Waals surface area (Å²) >= 11 is 0. The summed E-state index contributed by atoms with van der Waals surface area (Å²) in [6.07, 6.45) is 0.957. The van der Waals surface area contributed by atoms with Crippen LogP contribution in [0, 0.1) is 0 Å². The van der Waals surface area contributed by atoms with Crippen molar-refractivity contribution in [1.82, 2.24) is 9.34 Å². The molecule has 1 saturated heterocycles. The molecule has 0 atom stereocenters. The number of hydrogen-bond acceptors (Lipinski definition) is 2. The maximum absolute atomic E-state index is 15.6. The Kier molecular flexibility index (Phi) is 7.30. The Hall–Kier alpha value is -2.01. The zero-order valence-corrected chi connectivity index (χ0v) is 23.8. The molecule has 6 heteroatoms. The third kappa shape index (κ3) is 4.98. The molecule has 1 aliphatic heterocycles. The standard InChI is InChI=1S/C29H39N2O2PSi/c1-28(2,3)30-23-16-24-31(29(4,5)6)34(30,32)33-35(25-17-10-7-11-18-25,26-19-12-8-13-20-26)27-21-14-9-15-22-27/h7-15,17-22H,16,23-24H2,1-6H3. The Morgan fingerprint density at radius 2 is 0.943 bits per heavy atom. The molecule has 0 saturated carbocycles. The molecule has 0 aromatic heterocycles. The summed E-state index contributed by atoms with van der Waals surface area (Å²) in [5.41, 5.74) is -0.632. The van der Waals surface area contributed by atoms with Gasteiger partial charge in [-0.25, -0.2) is 9.34 Å². The molecule has 3 aromatic carbocycles. The average Bonchev–Trinajstić information content (AvgIpc) is 2.83. The van der Waals surface area contributed by atoms with Crippen LogP contribution in [-0.4, -0.2) is 41.8 Å². The molecule has 0 radical (unpaired) electrons. The SMILES string of the molecule is CC(C)(C)N1CCCN(C(C)(C)C)P1(=O)O[Si](c1ccccc1)(c1ccccc1)c1ccccc1. The number of nitrogens with zero attached hydrogens (tertiary/aromatic N) is 2. The van der Waals surface area contributed by atoms with Gasteiger partial charge in [0.15, 0.2) is 0 Å². The second kappa shape index (κ2) is 9.80. The number of benzene rings is 3. The minimum atomic E-state index is -3.47. The van der Waals surface area contributed by atoms with Gasteiger partial charge < -0.3 is 4.21 Å². The molecule has 0 spiro atoms. The van der Waals surface area contributed by atoms with Crippen LogP contribution >= 0.6 is 7.67 Å². The molecular weight excluding hydrogens is 467 g/mol.